The van der Waals surface area contributed by atoms with Crippen LogP contribution in [0.5, 0.6) is 0 Å². The van der Waals surface area contributed by atoms with Gasteiger partial charge in [0.2, 0.25) is 0 Å². The van der Waals surface area contributed by atoms with Gasteiger partial charge in [0.05, 0.1) is 5.69 Å². The van der Waals surface area contributed by atoms with E-state index in [0.717, 1.165) is 0 Å². The van der Waals surface area contributed by atoms with Crippen LogP contribution in [0.1, 0.15) is 0 Å². The van der Waals surface area contributed by atoms with Gasteiger partial charge in [0.15, 0.2) is 0 Å². The highest BCUT2D eigenvalue weighted by Gasteiger charge is 2.30. The number of hydrogen-bond acceptors (Lipinski definition) is 4. The summed E-state index contributed by atoms with van der Waals surface area (Å²) >= 11 is -0.303. The quantitative estimate of drug-likeness (QED) is 0.693. The van der Waals surface area contributed by atoms with Gasteiger partial charge >= 0.3 is 5.51 Å². The Morgan fingerprint density at radius 2 is 1.92 bits per heavy atom. The normalized spacial score (nSPS) is 11.6. The highest BCUT2D eigenvalue weighted by molar-refractivity contribution is 8.00. The first-order chi connectivity index (χ1) is 5.90. The summed E-state index contributed by atoms with van der Waals surface area (Å²) in [6, 6.07) is 1.17. The maximum absolute atomic E-state index is 11.9. The van der Waals surface area contributed by atoms with E-state index >= 15 is 0 Å². The first-order valence-electron chi connectivity index (χ1n) is 3.16. The Labute approximate surface area is 76.3 Å². The number of nitrogen functional groups attached to an aromatic ring is 2. The Kier molecular flexibility index (Phi) is 2.55. The lowest BCUT2D eigenvalue weighted by atomic mass is 10.4. The minimum Gasteiger partial charge on any atom is -0.395 e. The molecule has 0 unspecified atom stereocenters. The summed E-state index contributed by atoms with van der Waals surface area (Å²) in [5.41, 5.74) is 6.01. The van der Waals surface area contributed by atoms with E-state index in [9.17, 15) is 13.2 Å². The van der Waals surface area contributed by atoms with Crippen LogP contribution in [0.2, 0.25) is 0 Å². The predicted octanol–water partition coefficient (Wildman–Crippen LogP) is 1.86. The molecule has 0 atom stereocenters. The number of anilines is 2. The third kappa shape index (κ3) is 2.69. The molecule has 7 heteroatoms. The smallest absolute Gasteiger partial charge is 0.395 e. The number of nitrogens with zero attached hydrogens (tertiary/aromatic N) is 1. The van der Waals surface area contributed by atoms with Crippen LogP contribution >= 0.6 is 11.8 Å². The van der Waals surface area contributed by atoms with Crippen LogP contribution in [0.15, 0.2) is 17.2 Å². The molecule has 0 radical (unpaired) electrons. The molecule has 1 aromatic rings. The molecule has 13 heavy (non-hydrogen) atoms. The van der Waals surface area contributed by atoms with Gasteiger partial charge in [-0.1, -0.05) is 0 Å². The summed E-state index contributed by atoms with van der Waals surface area (Å²) in [6.07, 6.45) is 1.18. The average molecular weight is 209 g/mol. The lowest BCUT2D eigenvalue weighted by molar-refractivity contribution is -0.0327. The zero-order chi connectivity index (χ0) is 10.1. The Bertz CT molecular complexity index is 312. The molecule has 3 nitrogen and oxygen atoms in total. The van der Waals surface area contributed by atoms with Gasteiger partial charge in [-0.3, -0.25) is 0 Å². The van der Waals surface area contributed by atoms with E-state index in [4.69, 9.17) is 11.5 Å². The van der Waals surface area contributed by atoms with Crippen LogP contribution in [-0.2, 0) is 0 Å². The summed E-state index contributed by atoms with van der Waals surface area (Å²) in [5, 5.41) is 0. The van der Waals surface area contributed by atoms with Crippen molar-refractivity contribution in [1.82, 2.24) is 4.98 Å². The number of aromatic nitrogens is 1. The largest absolute Gasteiger partial charge is 0.446 e. The molecule has 0 aliphatic carbocycles. The molecular formula is C6H6F3N3S. The SMILES string of the molecule is Nc1nccc(SC(F)(F)F)c1N. The van der Waals surface area contributed by atoms with Gasteiger partial charge in [0, 0.05) is 11.1 Å². The Morgan fingerprint density at radius 3 is 2.46 bits per heavy atom. The molecular weight excluding hydrogens is 203 g/mol. The molecule has 1 aromatic heterocycles. The van der Waals surface area contributed by atoms with E-state index in [2.05, 4.69) is 4.98 Å². The first-order valence-corrected chi connectivity index (χ1v) is 3.97. The van der Waals surface area contributed by atoms with Crippen molar-refractivity contribution >= 4 is 23.3 Å². The van der Waals surface area contributed by atoms with Crippen molar-refractivity contribution in [1.29, 1.82) is 0 Å². The molecule has 72 valence electrons. The zero-order valence-corrected chi connectivity index (χ0v) is 7.12. The van der Waals surface area contributed by atoms with Crippen LogP contribution in [0.4, 0.5) is 24.7 Å². The van der Waals surface area contributed by atoms with E-state index in [1.165, 1.54) is 12.3 Å². The van der Waals surface area contributed by atoms with Gasteiger partial charge in [-0.2, -0.15) is 13.2 Å². The summed E-state index contributed by atoms with van der Waals surface area (Å²) in [4.78, 5) is 3.42. The average Bonchev–Trinajstić information content (AvgIpc) is 1.96. The molecule has 0 bridgehead atoms. The monoisotopic (exact) mass is 209 g/mol. The highest BCUT2D eigenvalue weighted by Crippen LogP contribution is 2.40. The number of halogens is 3. The minimum atomic E-state index is -4.36. The van der Waals surface area contributed by atoms with Gasteiger partial charge in [0.25, 0.3) is 0 Å². The summed E-state index contributed by atoms with van der Waals surface area (Å²) in [7, 11) is 0. The van der Waals surface area contributed by atoms with E-state index < -0.39 is 5.51 Å². The fourth-order valence-corrected chi connectivity index (χ4v) is 1.28. The molecule has 1 rings (SSSR count). The summed E-state index contributed by atoms with van der Waals surface area (Å²) < 4.78 is 35.7. The molecule has 4 N–H and O–H groups in total. The van der Waals surface area contributed by atoms with Crippen LogP contribution < -0.4 is 11.5 Å². The van der Waals surface area contributed by atoms with Crippen molar-refractivity contribution < 1.29 is 13.2 Å². The molecule has 0 saturated carbocycles. The van der Waals surface area contributed by atoms with Crippen LogP contribution in [0.25, 0.3) is 0 Å². The fourth-order valence-electron chi connectivity index (χ4n) is 0.684. The van der Waals surface area contributed by atoms with Crippen molar-refractivity contribution in [2.24, 2.45) is 0 Å². The van der Waals surface area contributed by atoms with Gasteiger partial charge < -0.3 is 11.5 Å². The standard InChI is InChI=1S/C6H6F3N3S/c7-6(8,9)13-3-1-2-12-5(11)4(3)10/h1-2H,10H2,(H2,11,12). The van der Waals surface area contributed by atoms with Crippen LogP contribution in [-0.4, -0.2) is 10.5 Å². The number of nitrogens with two attached hydrogens (primary N) is 2. The van der Waals surface area contributed by atoms with E-state index in [-0.39, 0.29) is 28.2 Å². The summed E-state index contributed by atoms with van der Waals surface area (Å²) in [6.45, 7) is 0. The third-order valence-corrected chi connectivity index (χ3v) is 2.01. The number of alkyl halides is 3. The number of thioether (sulfide) groups is 1. The van der Waals surface area contributed by atoms with Crippen molar-refractivity contribution in [3.05, 3.63) is 12.3 Å². The molecule has 0 spiro atoms. The Morgan fingerprint density at radius 1 is 1.31 bits per heavy atom. The molecule has 0 aliphatic heterocycles. The van der Waals surface area contributed by atoms with E-state index in [0.29, 0.717) is 0 Å². The number of pyridine rings is 1. The molecule has 0 saturated heterocycles. The van der Waals surface area contributed by atoms with Crippen molar-refractivity contribution in [2.45, 2.75) is 10.4 Å². The lowest BCUT2D eigenvalue weighted by Crippen LogP contribution is -2.04. The van der Waals surface area contributed by atoms with E-state index in [1.807, 2.05) is 0 Å². The van der Waals surface area contributed by atoms with Crippen molar-refractivity contribution in [3.63, 3.8) is 0 Å². The second-order valence-corrected chi connectivity index (χ2v) is 3.26. The molecule has 0 amide bonds. The van der Waals surface area contributed by atoms with Crippen LogP contribution in [0, 0.1) is 0 Å². The zero-order valence-electron chi connectivity index (χ0n) is 6.30. The molecule has 1 heterocycles. The maximum atomic E-state index is 11.9. The predicted molar refractivity (Wildman–Crippen MR) is 45.0 cm³/mol. The molecule has 0 aliphatic rings. The molecule has 0 aromatic carbocycles. The van der Waals surface area contributed by atoms with Gasteiger partial charge in [0.1, 0.15) is 5.82 Å². The van der Waals surface area contributed by atoms with Gasteiger partial charge in [-0.05, 0) is 17.8 Å². The third-order valence-electron chi connectivity index (χ3n) is 1.21. The Balaban J connectivity index is 2.96. The number of rotatable bonds is 1. The van der Waals surface area contributed by atoms with Crippen molar-refractivity contribution in [2.75, 3.05) is 11.5 Å². The second-order valence-electron chi connectivity index (χ2n) is 2.16. The van der Waals surface area contributed by atoms with Gasteiger partial charge in [-0.25, -0.2) is 4.98 Å². The molecule has 0 fully saturated rings. The topological polar surface area (TPSA) is 64.9 Å². The number of hydrogen-bond donors (Lipinski definition) is 2. The minimum absolute atomic E-state index is 0.0887. The fraction of sp³-hybridized carbons (Fsp3) is 0.167. The first kappa shape index (κ1) is 9.97. The highest BCUT2D eigenvalue weighted by atomic mass is 32.2. The lowest BCUT2D eigenvalue weighted by Gasteiger charge is -2.08. The van der Waals surface area contributed by atoms with Crippen LogP contribution in [0.3, 0.4) is 0 Å². The Hall–Kier alpha value is -1.11. The second kappa shape index (κ2) is 3.33. The van der Waals surface area contributed by atoms with Crippen molar-refractivity contribution in [3.8, 4) is 0 Å². The summed E-state index contributed by atoms with van der Waals surface area (Å²) in [5.74, 6) is -0.0887. The maximum Gasteiger partial charge on any atom is 0.446 e. The van der Waals surface area contributed by atoms with E-state index in [1.54, 1.807) is 0 Å². The van der Waals surface area contributed by atoms with Gasteiger partial charge in [-0.15, -0.1) is 0 Å².